The summed E-state index contributed by atoms with van der Waals surface area (Å²) in [6, 6.07) is 14.9. The summed E-state index contributed by atoms with van der Waals surface area (Å²) in [5.41, 5.74) is 6.34. The van der Waals surface area contributed by atoms with Crippen molar-refractivity contribution < 1.29 is 19.1 Å². The minimum Gasteiger partial charge on any atom is -0.506 e. The van der Waals surface area contributed by atoms with Crippen LogP contribution >= 0.6 is 0 Å². The SMILES string of the molecule is CC(C)(C)C1=CC(=CC2=C(O)C(=Cc3cc(C(C)(C)C)[o+]c4cc(N5CCCCC5)ccc34)C2=[OH+])c2ccc(N3CCCCC3)cc2O1. The molecule has 0 saturated carbocycles. The van der Waals surface area contributed by atoms with Gasteiger partial charge in [0.2, 0.25) is 0 Å². The molecule has 0 spiro atoms. The Hall–Kier alpha value is -4.32. The van der Waals surface area contributed by atoms with Crippen molar-refractivity contribution in [2.45, 2.75) is 85.5 Å². The fraction of sp³-hybridized carbons (Fsp3) is 0.429. The first-order chi connectivity index (χ1) is 22.9. The van der Waals surface area contributed by atoms with Gasteiger partial charge in [-0.3, -0.25) is 4.79 Å². The minimum atomic E-state index is -0.219. The maximum atomic E-state index is 11.4. The van der Waals surface area contributed by atoms with Gasteiger partial charge in [-0.25, -0.2) is 4.42 Å². The Balaban J connectivity index is 1.27. The summed E-state index contributed by atoms with van der Waals surface area (Å²) in [5, 5.41) is 12.4. The van der Waals surface area contributed by atoms with E-state index in [1.54, 1.807) is 0 Å². The molecule has 4 aliphatic rings. The summed E-state index contributed by atoms with van der Waals surface area (Å²) < 4.78 is 13.0. The monoisotopic (exact) mass is 646 g/mol. The Morgan fingerprint density at radius 1 is 0.771 bits per heavy atom. The second-order valence-electron chi connectivity index (χ2n) is 15.9. The third kappa shape index (κ3) is 6.18. The fourth-order valence-corrected chi connectivity index (χ4v) is 7.11. The van der Waals surface area contributed by atoms with Crippen molar-refractivity contribution in [1.82, 2.24) is 0 Å². The molecule has 6 nitrogen and oxygen atoms in total. The predicted octanol–water partition coefficient (Wildman–Crippen LogP) is 10.2. The highest BCUT2D eigenvalue weighted by Gasteiger charge is 2.40. The molecule has 7 rings (SSSR count). The van der Waals surface area contributed by atoms with Gasteiger partial charge in [-0.1, -0.05) is 20.8 Å². The van der Waals surface area contributed by atoms with Crippen LogP contribution in [0.5, 0.6) is 5.75 Å². The number of fused-ring (bicyclic) bond motifs is 2. The van der Waals surface area contributed by atoms with Gasteiger partial charge in [-0.2, -0.15) is 0 Å². The normalized spacial score (nSPS) is 20.6. The number of ether oxygens (including phenoxy) is 1. The van der Waals surface area contributed by atoms with Gasteiger partial charge in [0.05, 0.1) is 16.9 Å². The Kier molecular flexibility index (Phi) is 8.25. The van der Waals surface area contributed by atoms with Crippen molar-refractivity contribution in [2.75, 3.05) is 36.0 Å². The van der Waals surface area contributed by atoms with Crippen LogP contribution in [0.1, 0.15) is 97.0 Å². The van der Waals surface area contributed by atoms with E-state index in [1.807, 2.05) is 24.3 Å². The summed E-state index contributed by atoms with van der Waals surface area (Å²) in [4.78, 5) is 16.3. The van der Waals surface area contributed by atoms with Crippen LogP contribution in [0.15, 0.2) is 81.7 Å². The Labute approximate surface area is 285 Å². The van der Waals surface area contributed by atoms with Crippen molar-refractivity contribution in [2.24, 2.45) is 5.41 Å². The lowest BCUT2D eigenvalue weighted by Crippen LogP contribution is -2.29. The molecule has 3 aromatic rings. The zero-order valence-electron chi connectivity index (χ0n) is 29.4. The van der Waals surface area contributed by atoms with Crippen LogP contribution in [-0.2, 0) is 5.41 Å². The molecule has 0 radical (unpaired) electrons. The number of ketones is 1. The maximum absolute atomic E-state index is 11.4. The Morgan fingerprint density at radius 3 is 2.00 bits per heavy atom. The van der Waals surface area contributed by atoms with E-state index in [2.05, 4.69) is 87.7 Å². The quantitative estimate of drug-likeness (QED) is 0.226. The molecular formula is C42H50N2O4+2. The molecule has 2 saturated heterocycles. The first-order valence-corrected chi connectivity index (χ1v) is 17.8. The second-order valence-corrected chi connectivity index (χ2v) is 15.9. The molecule has 6 heteroatoms. The summed E-state index contributed by atoms with van der Waals surface area (Å²) >= 11 is 0. The van der Waals surface area contributed by atoms with Gasteiger partial charge in [0, 0.05) is 66.2 Å². The number of hydrogen-bond donors (Lipinski definition) is 1. The lowest BCUT2D eigenvalue weighted by Gasteiger charge is -2.32. The van der Waals surface area contributed by atoms with Crippen molar-refractivity contribution in [3.63, 3.8) is 0 Å². The average Bonchev–Trinajstić information content (AvgIpc) is 3.08. The number of nitrogens with zero attached hydrogens (tertiary/aromatic N) is 2. The van der Waals surface area contributed by atoms with Crippen LogP contribution in [0.25, 0.3) is 22.6 Å². The number of benzene rings is 2. The second kappa shape index (κ2) is 12.3. The fourth-order valence-electron chi connectivity index (χ4n) is 7.11. The molecule has 48 heavy (non-hydrogen) atoms. The Bertz CT molecular complexity index is 1900. The summed E-state index contributed by atoms with van der Waals surface area (Å²) in [5.74, 6) is 2.68. The molecule has 0 unspecified atom stereocenters. The lowest BCUT2D eigenvalue weighted by molar-refractivity contribution is 0.290. The van der Waals surface area contributed by atoms with Crippen LogP contribution in [0.4, 0.5) is 11.4 Å². The first kappa shape index (κ1) is 32.2. The molecule has 4 heterocycles. The molecule has 2 N–H and O–H groups in total. The first-order valence-electron chi connectivity index (χ1n) is 17.8. The van der Waals surface area contributed by atoms with E-state index in [-0.39, 0.29) is 22.4 Å². The molecule has 0 amide bonds. The van der Waals surface area contributed by atoms with Gasteiger partial charge in [-0.05, 0) is 107 Å². The molecule has 3 aliphatic heterocycles. The summed E-state index contributed by atoms with van der Waals surface area (Å²) in [6.07, 6.45) is 13.2. The van der Waals surface area contributed by atoms with E-state index in [9.17, 15) is 9.90 Å². The molecule has 2 fully saturated rings. The average molecular weight is 647 g/mol. The van der Waals surface area contributed by atoms with Crippen molar-refractivity contribution >= 4 is 39.8 Å². The molecular weight excluding hydrogens is 596 g/mol. The number of piperidine rings is 2. The van der Waals surface area contributed by atoms with Crippen LogP contribution in [-0.4, -0.2) is 41.9 Å². The van der Waals surface area contributed by atoms with Gasteiger partial charge in [-0.15, -0.1) is 0 Å². The minimum absolute atomic E-state index is 0.0832. The number of hydrogen-bond acceptors (Lipinski definition) is 4. The van der Waals surface area contributed by atoms with E-state index in [0.717, 1.165) is 71.1 Å². The molecule has 1 aliphatic carbocycles. The van der Waals surface area contributed by atoms with Crippen LogP contribution in [0.2, 0.25) is 0 Å². The highest BCUT2D eigenvalue weighted by molar-refractivity contribution is 6.25. The molecule has 0 atom stereocenters. The number of aliphatic hydroxyl groups excluding tert-OH is 1. The van der Waals surface area contributed by atoms with Crippen LogP contribution < -0.4 is 14.5 Å². The van der Waals surface area contributed by atoms with Crippen LogP contribution in [0.3, 0.4) is 0 Å². The van der Waals surface area contributed by atoms with Gasteiger partial charge in [0.1, 0.15) is 28.4 Å². The molecule has 0 bridgehead atoms. The number of allylic oxidation sites excluding steroid dienone is 6. The highest BCUT2D eigenvalue weighted by atomic mass is 16.5. The van der Waals surface area contributed by atoms with Crippen molar-refractivity contribution in [3.05, 3.63) is 94.2 Å². The maximum Gasteiger partial charge on any atom is 0.362 e. The van der Waals surface area contributed by atoms with Gasteiger partial charge in [0.25, 0.3) is 0 Å². The Morgan fingerprint density at radius 2 is 1.40 bits per heavy atom. The van der Waals surface area contributed by atoms with Crippen molar-refractivity contribution in [1.29, 1.82) is 0 Å². The van der Waals surface area contributed by atoms with E-state index >= 15 is 0 Å². The van der Waals surface area contributed by atoms with Gasteiger partial charge in [0.15, 0.2) is 0 Å². The summed E-state index contributed by atoms with van der Waals surface area (Å²) in [7, 11) is 0. The predicted molar refractivity (Wildman–Crippen MR) is 199 cm³/mol. The van der Waals surface area contributed by atoms with E-state index in [0.29, 0.717) is 11.1 Å². The van der Waals surface area contributed by atoms with E-state index in [4.69, 9.17) is 9.15 Å². The van der Waals surface area contributed by atoms with E-state index < -0.39 is 0 Å². The summed E-state index contributed by atoms with van der Waals surface area (Å²) in [6.45, 7) is 17.1. The topological polar surface area (TPSA) is 68.6 Å². The third-order valence-electron chi connectivity index (χ3n) is 10.1. The van der Waals surface area contributed by atoms with Gasteiger partial charge < -0.3 is 19.6 Å². The highest BCUT2D eigenvalue weighted by Crippen LogP contribution is 2.44. The number of aliphatic hydroxyl groups is 1. The van der Waals surface area contributed by atoms with Crippen LogP contribution in [0, 0.1) is 5.41 Å². The van der Waals surface area contributed by atoms with Gasteiger partial charge >= 0.3 is 17.1 Å². The lowest BCUT2D eigenvalue weighted by atomic mass is 9.83. The number of rotatable bonds is 4. The van der Waals surface area contributed by atoms with Crippen molar-refractivity contribution in [3.8, 4) is 5.75 Å². The zero-order valence-corrected chi connectivity index (χ0v) is 29.4. The largest absolute Gasteiger partial charge is 0.506 e. The zero-order chi connectivity index (χ0) is 33.8. The third-order valence-corrected chi connectivity index (χ3v) is 10.1. The molecule has 2 aromatic carbocycles. The smallest absolute Gasteiger partial charge is 0.362 e. The standard InChI is InChI=1S/C42H48N2O4/c1-41(2,3)37-23-27(31-15-13-29(25-35(31)47-37)43-17-9-7-10-18-43)21-33-39(45)34(40(33)46)22-28-24-38(42(4,5)6)48-36-26-30(14-16-32(28)36)44-19-11-8-12-20-44/h13-16,21-26H,7-12,17-20H2,1-6H3/p+2. The van der Waals surface area contributed by atoms with E-state index in [1.165, 1.54) is 49.9 Å². The number of carbonyl (C=O) groups excluding carboxylic acids is 1. The number of anilines is 2. The molecule has 250 valence electrons. The molecule has 1 aromatic heterocycles.